The second kappa shape index (κ2) is 4.20. The summed E-state index contributed by atoms with van der Waals surface area (Å²) in [6, 6.07) is 1.64. The Kier molecular flexibility index (Phi) is 2.73. The first-order valence-corrected chi connectivity index (χ1v) is 4.95. The molecule has 0 unspecified atom stereocenters. The molecule has 1 amide bonds. The van der Waals surface area contributed by atoms with E-state index in [0.29, 0.717) is 17.2 Å². The molecule has 17 heavy (non-hydrogen) atoms. The summed E-state index contributed by atoms with van der Waals surface area (Å²) in [5.41, 5.74) is 7.21. The first kappa shape index (κ1) is 11.1. The number of pyridine rings is 1. The summed E-state index contributed by atoms with van der Waals surface area (Å²) in [5, 5.41) is 6.44. The number of nitrogens with zero attached hydrogens (tertiary/aromatic N) is 4. The van der Waals surface area contributed by atoms with E-state index < -0.39 is 0 Å². The van der Waals surface area contributed by atoms with Crippen LogP contribution in [-0.2, 0) is 7.05 Å². The lowest BCUT2D eigenvalue weighted by atomic mass is 10.2. The number of anilines is 2. The molecule has 2 aromatic rings. The fourth-order valence-corrected chi connectivity index (χ4v) is 1.35. The van der Waals surface area contributed by atoms with Crippen molar-refractivity contribution in [2.75, 3.05) is 11.1 Å². The predicted octanol–water partition coefficient (Wildman–Crippen LogP) is 0.353. The van der Waals surface area contributed by atoms with Crippen molar-refractivity contribution in [3.05, 3.63) is 29.8 Å². The Balaban J connectivity index is 2.23. The van der Waals surface area contributed by atoms with Crippen molar-refractivity contribution in [1.82, 2.24) is 19.7 Å². The first-order valence-electron chi connectivity index (χ1n) is 4.95. The highest BCUT2D eigenvalue weighted by Crippen LogP contribution is 2.13. The van der Waals surface area contributed by atoms with Crippen LogP contribution in [0.4, 0.5) is 11.6 Å². The second-order valence-corrected chi connectivity index (χ2v) is 3.57. The zero-order valence-electron chi connectivity index (χ0n) is 9.51. The molecule has 0 bridgehead atoms. The molecule has 0 aliphatic carbocycles. The topological polar surface area (TPSA) is 98.7 Å². The minimum Gasteiger partial charge on any atom is -0.398 e. The molecule has 7 heteroatoms. The molecular formula is C10H12N6O. The van der Waals surface area contributed by atoms with Gasteiger partial charge in [0.25, 0.3) is 5.91 Å². The lowest BCUT2D eigenvalue weighted by molar-refractivity contribution is 0.102. The first-order chi connectivity index (χ1) is 8.08. The molecule has 0 saturated carbocycles. The molecule has 0 aliphatic heterocycles. The van der Waals surface area contributed by atoms with Crippen molar-refractivity contribution in [2.24, 2.45) is 7.05 Å². The van der Waals surface area contributed by atoms with E-state index in [1.807, 2.05) is 0 Å². The van der Waals surface area contributed by atoms with Crippen LogP contribution in [0.2, 0.25) is 0 Å². The van der Waals surface area contributed by atoms with Crippen LogP contribution >= 0.6 is 0 Å². The number of nitrogens with two attached hydrogens (primary N) is 1. The summed E-state index contributed by atoms with van der Waals surface area (Å²) in [5.74, 6) is 0.000995. The highest BCUT2D eigenvalue weighted by molar-refractivity contribution is 6.06. The van der Waals surface area contributed by atoms with Crippen LogP contribution in [0.3, 0.4) is 0 Å². The van der Waals surface area contributed by atoms with Gasteiger partial charge in [0.2, 0.25) is 5.95 Å². The van der Waals surface area contributed by atoms with Crippen molar-refractivity contribution in [1.29, 1.82) is 0 Å². The molecule has 0 radical (unpaired) electrons. The standard InChI is InChI=1S/C10H12N6O/c1-6-3-8(11)7(4-12-6)9(17)15-10-13-5-14-16(10)2/h3-5H,1-2H3,(H2,11,12)(H,13,14,15,17). The van der Waals surface area contributed by atoms with Gasteiger partial charge in [0.05, 0.1) is 5.56 Å². The Morgan fingerprint density at radius 3 is 2.82 bits per heavy atom. The third-order valence-electron chi connectivity index (χ3n) is 2.25. The molecule has 0 spiro atoms. The lowest BCUT2D eigenvalue weighted by Gasteiger charge is -2.06. The van der Waals surface area contributed by atoms with Gasteiger partial charge in [0, 0.05) is 24.6 Å². The molecule has 2 rings (SSSR count). The molecule has 0 fully saturated rings. The van der Waals surface area contributed by atoms with E-state index in [2.05, 4.69) is 20.4 Å². The molecule has 0 saturated heterocycles. The second-order valence-electron chi connectivity index (χ2n) is 3.57. The van der Waals surface area contributed by atoms with Crippen molar-refractivity contribution < 1.29 is 4.79 Å². The summed E-state index contributed by atoms with van der Waals surface area (Å²) >= 11 is 0. The smallest absolute Gasteiger partial charge is 0.261 e. The molecule has 0 atom stereocenters. The molecular weight excluding hydrogens is 220 g/mol. The maximum Gasteiger partial charge on any atom is 0.261 e. The Hall–Kier alpha value is -2.44. The van der Waals surface area contributed by atoms with E-state index in [9.17, 15) is 4.79 Å². The van der Waals surface area contributed by atoms with Crippen LogP contribution in [0, 0.1) is 6.92 Å². The van der Waals surface area contributed by atoms with Crippen molar-refractivity contribution >= 4 is 17.5 Å². The average molecular weight is 232 g/mol. The van der Waals surface area contributed by atoms with E-state index in [-0.39, 0.29) is 5.91 Å². The number of amides is 1. The summed E-state index contributed by atoms with van der Waals surface area (Å²) in [6.07, 6.45) is 2.79. The molecule has 88 valence electrons. The molecule has 7 nitrogen and oxygen atoms in total. The van der Waals surface area contributed by atoms with Crippen molar-refractivity contribution in [3.63, 3.8) is 0 Å². The highest BCUT2D eigenvalue weighted by Gasteiger charge is 2.12. The van der Waals surface area contributed by atoms with Gasteiger partial charge in [-0.05, 0) is 13.0 Å². The third kappa shape index (κ3) is 2.22. The normalized spacial score (nSPS) is 10.2. The monoisotopic (exact) mass is 232 g/mol. The lowest BCUT2D eigenvalue weighted by Crippen LogP contribution is -2.17. The molecule has 0 aliphatic rings. The van der Waals surface area contributed by atoms with Gasteiger partial charge in [-0.2, -0.15) is 10.1 Å². The SMILES string of the molecule is Cc1cc(N)c(C(=O)Nc2ncnn2C)cn1. The zero-order chi connectivity index (χ0) is 12.4. The quantitative estimate of drug-likeness (QED) is 0.778. The van der Waals surface area contributed by atoms with Crippen LogP contribution in [0.15, 0.2) is 18.6 Å². The van der Waals surface area contributed by atoms with Gasteiger partial charge in [-0.1, -0.05) is 0 Å². The van der Waals surface area contributed by atoms with Gasteiger partial charge in [0.1, 0.15) is 6.33 Å². The maximum atomic E-state index is 11.9. The minimum atomic E-state index is -0.355. The Morgan fingerprint density at radius 1 is 1.47 bits per heavy atom. The number of rotatable bonds is 2. The molecule has 2 aromatic heterocycles. The summed E-state index contributed by atoms with van der Waals surface area (Å²) < 4.78 is 1.45. The summed E-state index contributed by atoms with van der Waals surface area (Å²) in [7, 11) is 1.68. The van der Waals surface area contributed by atoms with E-state index in [4.69, 9.17) is 5.73 Å². The fraction of sp³-hybridized carbons (Fsp3) is 0.200. The van der Waals surface area contributed by atoms with Gasteiger partial charge in [-0.25, -0.2) is 4.68 Å². The summed E-state index contributed by atoms with van der Waals surface area (Å²) in [6.45, 7) is 1.81. The zero-order valence-corrected chi connectivity index (χ0v) is 9.51. The van der Waals surface area contributed by atoms with Crippen molar-refractivity contribution in [3.8, 4) is 0 Å². The van der Waals surface area contributed by atoms with Gasteiger partial charge in [0.15, 0.2) is 0 Å². The fourth-order valence-electron chi connectivity index (χ4n) is 1.35. The Morgan fingerprint density at radius 2 is 2.24 bits per heavy atom. The van der Waals surface area contributed by atoms with E-state index in [1.165, 1.54) is 17.2 Å². The van der Waals surface area contributed by atoms with E-state index in [1.54, 1.807) is 20.0 Å². The van der Waals surface area contributed by atoms with Crippen LogP contribution in [0.25, 0.3) is 0 Å². The molecule has 2 heterocycles. The van der Waals surface area contributed by atoms with Gasteiger partial charge in [-0.3, -0.25) is 15.1 Å². The predicted molar refractivity (Wildman–Crippen MR) is 62.3 cm³/mol. The number of aryl methyl sites for hydroxylation is 2. The molecule has 0 aromatic carbocycles. The largest absolute Gasteiger partial charge is 0.398 e. The van der Waals surface area contributed by atoms with Gasteiger partial charge in [-0.15, -0.1) is 0 Å². The third-order valence-corrected chi connectivity index (χ3v) is 2.25. The summed E-state index contributed by atoms with van der Waals surface area (Å²) in [4.78, 5) is 19.8. The number of nitrogen functional groups attached to an aromatic ring is 1. The molecule has 3 N–H and O–H groups in total. The van der Waals surface area contributed by atoms with Gasteiger partial charge < -0.3 is 5.73 Å². The van der Waals surface area contributed by atoms with Gasteiger partial charge >= 0.3 is 0 Å². The number of carbonyl (C=O) groups excluding carboxylic acids is 1. The number of aromatic nitrogens is 4. The Labute approximate surface area is 97.7 Å². The number of hydrogen-bond acceptors (Lipinski definition) is 5. The highest BCUT2D eigenvalue weighted by atomic mass is 16.1. The average Bonchev–Trinajstić information content (AvgIpc) is 2.64. The minimum absolute atomic E-state index is 0.318. The maximum absolute atomic E-state index is 11.9. The van der Waals surface area contributed by atoms with E-state index >= 15 is 0 Å². The number of carbonyl (C=O) groups is 1. The number of hydrogen-bond donors (Lipinski definition) is 2. The van der Waals surface area contributed by atoms with Crippen LogP contribution < -0.4 is 11.1 Å². The Bertz CT molecular complexity index is 562. The van der Waals surface area contributed by atoms with Crippen molar-refractivity contribution in [2.45, 2.75) is 6.92 Å². The van der Waals surface area contributed by atoms with Crippen LogP contribution in [-0.4, -0.2) is 25.7 Å². The van der Waals surface area contributed by atoms with Crippen LogP contribution in [0.1, 0.15) is 16.1 Å². The van der Waals surface area contributed by atoms with Crippen LogP contribution in [0.5, 0.6) is 0 Å². The van der Waals surface area contributed by atoms with E-state index in [0.717, 1.165) is 5.69 Å². The number of nitrogens with one attached hydrogen (secondary N) is 1.